The number of amides is 2. The van der Waals surface area contributed by atoms with Crippen molar-refractivity contribution in [3.8, 4) is 0 Å². The van der Waals surface area contributed by atoms with Crippen LogP contribution in [-0.4, -0.2) is 29.1 Å². The summed E-state index contributed by atoms with van der Waals surface area (Å²) in [5, 5.41) is 14.2. The minimum atomic E-state index is -0.819. The van der Waals surface area contributed by atoms with Crippen LogP contribution in [0.3, 0.4) is 0 Å². The first-order chi connectivity index (χ1) is 9.79. The Kier molecular flexibility index (Phi) is 5.90. The zero-order chi connectivity index (χ0) is 16.0. The van der Waals surface area contributed by atoms with E-state index >= 15 is 0 Å². The predicted molar refractivity (Wildman–Crippen MR) is 81.7 cm³/mol. The lowest BCUT2D eigenvalue weighted by Gasteiger charge is -2.23. The highest BCUT2D eigenvalue weighted by Gasteiger charge is 2.24. The Morgan fingerprint density at radius 2 is 1.76 bits per heavy atom. The SMILES string of the molecule is CCc1ccc(C(C)NC(=O)C(=O)NC(C)(C)CO)cc1. The van der Waals surface area contributed by atoms with Crippen LogP contribution in [0.1, 0.15) is 44.9 Å². The Balaban J connectivity index is 2.62. The zero-order valence-electron chi connectivity index (χ0n) is 13.1. The molecule has 0 heterocycles. The summed E-state index contributed by atoms with van der Waals surface area (Å²) in [6, 6.07) is 7.64. The first-order valence-corrected chi connectivity index (χ1v) is 7.11. The van der Waals surface area contributed by atoms with Crippen molar-refractivity contribution in [2.45, 2.75) is 45.7 Å². The fourth-order valence-corrected chi connectivity index (χ4v) is 1.79. The fourth-order valence-electron chi connectivity index (χ4n) is 1.79. The van der Waals surface area contributed by atoms with E-state index in [1.54, 1.807) is 13.8 Å². The maximum Gasteiger partial charge on any atom is 0.309 e. The predicted octanol–water partition coefficient (Wildman–Crippen LogP) is 1.31. The molecule has 21 heavy (non-hydrogen) atoms. The van der Waals surface area contributed by atoms with Crippen molar-refractivity contribution in [3.63, 3.8) is 0 Å². The molecule has 1 atom stereocenters. The molecule has 0 fully saturated rings. The standard InChI is InChI=1S/C16H24N2O3/c1-5-12-6-8-13(9-7-12)11(2)17-14(20)15(21)18-16(3,4)10-19/h6-9,11,19H,5,10H2,1-4H3,(H,17,20)(H,18,21). The number of benzene rings is 1. The molecule has 0 aliphatic rings. The number of aryl methyl sites for hydroxylation is 1. The van der Waals surface area contributed by atoms with Gasteiger partial charge in [0, 0.05) is 0 Å². The van der Waals surface area contributed by atoms with Gasteiger partial charge in [0.15, 0.2) is 0 Å². The molecule has 0 radical (unpaired) electrons. The van der Waals surface area contributed by atoms with Gasteiger partial charge in [-0.05, 0) is 38.3 Å². The number of aliphatic hydroxyl groups is 1. The van der Waals surface area contributed by atoms with Gasteiger partial charge in [-0.15, -0.1) is 0 Å². The highest BCUT2D eigenvalue weighted by molar-refractivity contribution is 6.35. The summed E-state index contributed by atoms with van der Waals surface area (Å²) in [6.45, 7) is 6.95. The quantitative estimate of drug-likeness (QED) is 0.716. The maximum absolute atomic E-state index is 11.8. The van der Waals surface area contributed by atoms with E-state index in [4.69, 9.17) is 5.11 Å². The summed E-state index contributed by atoms with van der Waals surface area (Å²) in [5.74, 6) is -1.45. The monoisotopic (exact) mass is 292 g/mol. The van der Waals surface area contributed by atoms with E-state index in [1.165, 1.54) is 5.56 Å². The van der Waals surface area contributed by atoms with Crippen LogP contribution in [0.5, 0.6) is 0 Å². The van der Waals surface area contributed by atoms with Gasteiger partial charge in [0.05, 0.1) is 18.2 Å². The molecule has 0 aromatic heterocycles. The van der Waals surface area contributed by atoms with Gasteiger partial charge < -0.3 is 15.7 Å². The summed E-state index contributed by atoms with van der Waals surface area (Å²) in [5.41, 5.74) is 1.34. The van der Waals surface area contributed by atoms with Crippen molar-refractivity contribution >= 4 is 11.8 Å². The zero-order valence-corrected chi connectivity index (χ0v) is 13.1. The van der Waals surface area contributed by atoms with Crippen LogP contribution in [0, 0.1) is 0 Å². The topological polar surface area (TPSA) is 78.4 Å². The first-order valence-electron chi connectivity index (χ1n) is 7.11. The lowest BCUT2D eigenvalue weighted by atomic mass is 10.0. The minimum Gasteiger partial charge on any atom is -0.394 e. The van der Waals surface area contributed by atoms with Gasteiger partial charge in [-0.3, -0.25) is 9.59 Å². The Morgan fingerprint density at radius 1 is 1.19 bits per heavy atom. The molecule has 0 aliphatic heterocycles. The molecular formula is C16H24N2O3. The van der Waals surface area contributed by atoms with Crippen molar-refractivity contribution < 1.29 is 14.7 Å². The van der Waals surface area contributed by atoms with E-state index in [2.05, 4.69) is 17.6 Å². The molecule has 2 amide bonds. The molecule has 1 aromatic rings. The van der Waals surface area contributed by atoms with Crippen molar-refractivity contribution in [2.75, 3.05) is 6.61 Å². The lowest BCUT2D eigenvalue weighted by molar-refractivity contribution is -0.140. The van der Waals surface area contributed by atoms with Crippen molar-refractivity contribution in [1.29, 1.82) is 0 Å². The second-order valence-corrected chi connectivity index (χ2v) is 5.79. The van der Waals surface area contributed by atoms with E-state index < -0.39 is 17.4 Å². The average molecular weight is 292 g/mol. The Labute approximate surface area is 125 Å². The van der Waals surface area contributed by atoms with Gasteiger partial charge in [0.2, 0.25) is 0 Å². The average Bonchev–Trinajstić information content (AvgIpc) is 2.46. The summed E-state index contributed by atoms with van der Waals surface area (Å²) in [4.78, 5) is 23.6. The third kappa shape index (κ3) is 5.19. The summed E-state index contributed by atoms with van der Waals surface area (Å²) in [6.07, 6.45) is 0.958. The minimum absolute atomic E-state index is 0.236. The summed E-state index contributed by atoms with van der Waals surface area (Å²) < 4.78 is 0. The fraction of sp³-hybridized carbons (Fsp3) is 0.500. The number of aliphatic hydroxyl groups excluding tert-OH is 1. The number of nitrogens with one attached hydrogen (secondary N) is 2. The van der Waals surface area contributed by atoms with Gasteiger partial charge in [0.25, 0.3) is 0 Å². The molecule has 0 saturated heterocycles. The smallest absolute Gasteiger partial charge is 0.309 e. The summed E-state index contributed by atoms with van der Waals surface area (Å²) >= 11 is 0. The van der Waals surface area contributed by atoms with E-state index in [9.17, 15) is 9.59 Å². The van der Waals surface area contributed by atoms with E-state index in [0.717, 1.165) is 12.0 Å². The Morgan fingerprint density at radius 3 is 2.24 bits per heavy atom. The second-order valence-electron chi connectivity index (χ2n) is 5.79. The normalized spacial score (nSPS) is 12.6. The molecule has 1 unspecified atom stereocenters. The lowest BCUT2D eigenvalue weighted by Crippen LogP contribution is -2.51. The molecular weight excluding hydrogens is 268 g/mol. The Bertz CT molecular complexity index is 495. The van der Waals surface area contributed by atoms with Crippen LogP contribution in [0.15, 0.2) is 24.3 Å². The van der Waals surface area contributed by atoms with Crippen molar-refractivity contribution in [3.05, 3.63) is 35.4 Å². The number of carbonyl (C=O) groups excluding carboxylic acids is 2. The number of hydrogen-bond donors (Lipinski definition) is 3. The van der Waals surface area contributed by atoms with Crippen molar-refractivity contribution in [1.82, 2.24) is 10.6 Å². The van der Waals surface area contributed by atoms with Crippen LogP contribution in [0.2, 0.25) is 0 Å². The Hall–Kier alpha value is -1.88. The first kappa shape index (κ1) is 17.2. The van der Waals surface area contributed by atoms with Gasteiger partial charge in [-0.25, -0.2) is 0 Å². The molecule has 5 nitrogen and oxygen atoms in total. The molecule has 0 aliphatic carbocycles. The molecule has 0 saturated carbocycles. The van der Waals surface area contributed by atoms with Gasteiger partial charge in [-0.2, -0.15) is 0 Å². The van der Waals surface area contributed by atoms with Gasteiger partial charge in [0.1, 0.15) is 0 Å². The van der Waals surface area contributed by atoms with Crippen molar-refractivity contribution in [2.24, 2.45) is 0 Å². The van der Waals surface area contributed by atoms with E-state index in [0.29, 0.717) is 0 Å². The molecule has 3 N–H and O–H groups in total. The van der Waals surface area contributed by atoms with Crippen LogP contribution >= 0.6 is 0 Å². The van der Waals surface area contributed by atoms with Crippen LogP contribution < -0.4 is 10.6 Å². The molecule has 0 bridgehead atoms. The van der Waals surface area contributed by atoms with Crippen LogP contribution in [0.4, 0.5) is 0 Å². The van der Waals surface area contributed by atoms with Gasteiger partial charge >= 0.3 is 11.8 Å². The maximum atomic E-state index is 11.8. The molecule has 5 heteroatoms. The highest BCUT2D eigenvalue weighted by Crippen LogP contribution is 2.13. The number of carbonyl (C=O) groups is 2. The van der Waals surface area contributed by atoms with E-state index in [-0.39, 0.29) is 12.6 Å². The van der Waals surface area contributed by atoms with E-state index in [1.807, 2.05) is 31.2 Å². The second kappa shape index (κ2) is 7.22. The number of hydrogen-bond acceptors (Lipinski definition) is 3. The van der Waals surface area contributed by atoms with Crippen LogP contribution in [0.25, 0.3) is 0 Å². The number of rotatable bonds is 5. The van der Waals surface area contributed by atoms with Crippen LogP contribution in [-0.2, 0) is 16.0 Å². The molecule has 1 rings (SSSR count). The third-order valence-electron chi connectivity index (χ3n) is 3.29. The molecule has 1 aromatic carbocycles. The van der Waals surface area contributed by atoms with Gasteiger partial charge in [-0.1, -0.05) is 31.2 Å². The summed E-state index contributed by atoms with van der Waals surface area (Å²) in [7, 11) is 0. The molecule has 116 valence electrons. The third-order valence-corrected chi connectivity index (χ3v) is 3.29. The highest BCUT2D eigenvalue weighted by atomic mass is 16.3. The molecule has 0 spiro atoms. The largest absolute Gasteiger partial charge is 0.394 e.